The van der Waals surface area contributed by atoms with E-state index >= 15 is 0 Å². The summed E-state index contributed by atoms with van der Waals surface area (Å²) in [5, 5.41) is 22.4. The Hall–Kier alpha value is -2.09. The number of nitrogens with two attached hydrogens (primary N) is 1. The van der Waals surface area contributed by atoms with Crippen LogP contribution < -0.4 is 5.73 Å². The Morgan fingerprint density at radius 2 is 1.67 bits per heavy atom. The van der Waals surface area contributed by atoms with Gasteiger partial charge < -0.3 is 39.4 Å². The summed E-state index contributed by atoms with van der Waals surface area (Å²) in [7, 11) is 0. The number of aliphatic hydroxyl groups excluding tert-OH is 2. The first-order chi connectivity index (χ1) is 20.5. The normalized spacial score (nSPS) is 38.9. The number of para-hydroxylation sites is 2. The lowest BCUT2D eigenvalue weighted by Gasteiger charge is -2.27. The largest absolute Gasteiger partial charge is 0.387 e. The van der Waals surface area contributed by atoms with Crippen molar-refractivity contribution < 1.29 is 47.2 Å². The molecule has 3 aliphatic rings. The zero-order chi connectivity index (χ0) is 30.1. The number of fused-ring (bicyclic) bond motifs is 5. The maximum atomic E-state index is 13.4. The van der Waals surface area contributed by atoms with Gasteiger partial charge in [-0.25, -0.2) is 24.5 Å². The molecule has 3 fully saturated rings. The number of hydrogen-bond acceptors (Lipinski definition) is 15. The molecule has 43 heavy (non-hydrogen) atoms. The average molecular weight is 674 g/mol. The fourth-order valence-electron chi connectivity index (χ4n) is 5.35. The molecule has 6 heterocycles. The highest BCUT2D eigenvalue weighted by atomic mass is 32.7. The Balaban J connectivity index is 1.20. The molecule has 4 aromatic rings. The average Bonchev–Trinajstić information content (AvgIpc) is 3.72. The predicted octanol–water partition coefficient (Wildman–Crippen LogP) is 1.05. The molecule has 0 saturated carbocycles. The minimum absolute atomic E-state index is 0.116. The van der Waals surface area contributed by atoms with Crippen LogP contribution in [-0.4, -0.2) is 94.0 Å². The maximum Gasteiger partial charge on any atom is 0.386 e. The lowest BCUT2D eigenvalue weighted by molar-refractivity contribution is -0.0593. The van der Waals surface area contributed by atoms with Crippen LogP contribution in [0.25, 0.3) is 22.2 Å². The quantitative estimate of drug-likeness (QED) is 0.148. The zero-order valence-corrected chi connectivity index (χ0v) is 25.3. The van der Waals surface area contributed by atoms with Crippen LogP contribution in [0.1, 0.15) is 12.5 Å². The van der Waals surface area contributed by atoms with Gasteiger partial charge in [0, 0.05) is 0 Å². The van der Waals surface area contributed by atoms with Gasteiger partial charge in [0.2, 0.25) is 0 Å². The number of rotatable bonds is 2. The number of hydrogen-bond donors (Lipinski definition) is 5. The van der Waals surface area contributed by atoms with E-state index < -0.39 is 75.8 Å². The molecule has 21 heteroatoms. The number of nitrogen functional groups attached to an aromatic ring is 1. The van der Waals surface area contributed by atoms with Gasteiger partial charge in [0.05, 0.1) is 36.9 Å². The molecular formula is C22H25N7O10P2S2. The first kappa shape index (κ1) is 29.6. The van der Waals surface area contributed by atoms with Crippen molar-refractivity contribution in [2.24, 2.45) is 0 Å². The summed E-state index contributed by atoms with van der Waals surface area (Å²) in [5.74, 6) is 0.116. The van der Waals surface area contributed by atoms with Gasteiger partial charge >= 0.3 is 13.5 Å². The first-order valence-corrected chi connectivity index (χ1v) is 18.1. The number of thiol groups is 1. The first-order valence-electron chi connectivity index (χ1n) is 12.8. The standard InChI is InChI=1S/C22H25N7O10P2S2/c23-19-14-20(25-7-24-19)29(9-27-14)21-16(31)17-13(37-21)6-35-41(33,43)39-18-15(30)12(5-34-40(32,42)38-17)36-22(18)28-8-26-10-3-1-2-4-11(10)28/h1-4,7-9,12-13,15-18,21-22,30-31H,5-6H2,(H,32,42)(H,33,43)(H2,23,24,25)/t12-,13-,15+,16+,17?,18?,21-,22-,40?,41?/m1/s1. The summed E-state index contributed by atoms with van der Waals surface area (Å²) in [4.78, 5) is 27.7. The van der Waals surface area contributed by atoms with Crippen LogP contribution in [0.2, 0.25) is 0 Å². The molecule has 0 radical (unpaired) electrons. The summed E-state index contributed by atoms with van der Waals surface area (Å²) in [6, 6.07) is 7.21. The van der Waals surface area contributed by atoms with Crippen LogP contribution in [-0.2, 0) is 43.9 Å². The molecule has 5 N–H and O–H groups in total. The van der Waals surface area contributed by atoms with Gasteiger partial charge in [0.25, 0.3) is 0 Å². The molecule has 0 spiro atoms. The minimum Gasteiger partial charge on any atom is -0.387 e. The highest BCUT2D eigenvalue weighted by Gasteiger charge is 2.52. The molecule has 2 bridgehead atoms. The lowest BCUT2D eigenvalue weighted by Crippen LogP contribution is -2.36. The second-order valence-corrected chi connectivity index (χ2v) is 15.7. The molecule has 3 aliphatic heterocycles. The van der Waals surface area contributed by atoms with E-state index in [-0.39, 0.29) is 17.0 Å². The number of nitrogens with zero attached hydrogens (tertiary/aromatic N) is 6. The van der Waals surface area contributed by atoms with E-state index in [1.165, 1.54) is 23.5 Å². The van der Waals surface area contributed by atoms with Gasteiger partial charge in [0.1, 0.15) is 48.5 Å². The van der Waals surface area contributed by atoms with Gasteiger partial charge in [-0.15, -0.1) is 0 Å². The lowest BCUT2D eigenvalue weighted by atomic mass is 10.1. The fraction of sp³-hybridized carbons (Fsp3) is 0.455. The monoisotopic (exact) mass is 673 g/mol. The number of aromatic nitrogens is 6. The third-order valence-electron chi connectivity index (χ3n) is 7.35. The van der Waals surface area contributed by atoms with E-state index in [0.29, 0.717) is 11.0 Å². The van der Waals surface area contributed by atoms with Crippen LogP contribution in [0.3, 0.4) is 0 Å². The van der Waals surface area contributed by atoms with Gasteiger partial charge in [0.15, 0.2) is 23.9 Å². The molecule has 3 saturated heterocycles. The summed E-state index contributed by atoms with van der Waals surface area (Å²) >= 11 is 9.39. The van der Waals surface area contributed by atoms with Crippen molar-refractivity contribution in [1.82, 2.24) is 29.1 Å². The van der Waals surface area contributed by atoms with Crippen molar-refractivity contribution in [2.75, 3.05) is 18.9 Å². The Bertz CT molecular complexity index is 1780. The van der Waals surface area contributed by atoms with Crippen molar-refractivity contribution in [2.45, 2.75) is 49.1 Å². The van der Waals surface area contributed by atoms with Crippen molar-refractivity contribution >= 4 is 65.6 Å². The number of aliphatic hydroxyl groups is 2. The smallest absolute Gasteiger partial charge is 0.386 e. The molecule has 17 nitrogen and oxygen atoms in total. The maximum absolute atomic E-state index is 13.4. The van der Waals surface area contributed by atoms with Crippen molar-refractivity contribution in [3.63, 3.8) is 0 Å². The van der Waals surface area contributed by atoms with Crippen LogP contribution in [0, 0.1) is 0 Å². The van der Waals surface area contributed by atoms with E-state index in [9.17, 15) is 19.7 Å². The van der Waals surface area contributed by atoms with Gasteiger partial charge in [-0.2, -0.15) is 0 Å². The van der Waals surface area contributed by atoms with E-state index in [0.717, 1.165) is 0 Å². The van der Waals surface area contributed by atoms with Crippen LogP contribution in [0.15, 0.2) is 43.2 Å². The molecule has 0 aliphatic carbocycles. The summed E-state index contributed by atoms with van der Waals surface area (Å²) < 4.78 is 51.1. The number of imidazole rings is 2. The van der Waals surface area contributed by atoms with E-state index in [1.807, 2.05) is 6.07 Å². The summed E-state index contributed by atoms with van der Waals surface area (Å²) in [6.07, 6.45) is -5.90. The van der Waals surface area contributed by atoms with Crippen LogP contribution >= 0.6 is 25.8 Å². The van der Waals surface area contributed by atoms with Crippen LogP contribution in [0.4, 0.5) is 5.82 Å². The predicted molar refractivity (Wildman–Crippen MR) is 154 cm³/mol. The minimum atomic E-state index is -4.23. The third-order valence-corrected chi connectivity index (χ3v) is 10.5. The van der Waals surface area contributed by atoms with Crippen molar-refractivity contribution in [3.8, 4) is 0 Å². The summed E-state index contributed by atoms with van der Waals surface area (Å²) in [6.45, 7) is -9.27. The summed E-state index contributed by atoms with van der Waals surface area (Å²) in [5.41, 5.74) is 7.73. The Morgan fingerprint density at radius 3 is 2.51 bits per heavy atom. The Labute approximate surface area is 252 Å². The molecule has 3 aromatic heterocycles. The van der Waals surface area contributed by atoms with E-state index in [1.54, 1.807) is 22.8 Å². The Morgan fingerprint density at radius 1 is 0.930 bits per heavy atom. The Kier molecular flexibility index (Phi) is 7.62. The second-order valence-electron chi connectivity index (χ2n) is 10.0. The highest BCUT2D eigenvalue weighted by Crippen LogP contribution is 2.58. The molecule has 7 rings (SSSR count). The SMILES string of the molecule is Nc1ncnc2c1ncn2[C@@H]1O[C@@H]2COP(O)(=S)OC3[C@@H](O)[C@@H](COP(=O)(S)OC2[C@@H]1O)O[C@H]3n1cnc2ccccc21. The topological polar surface area (TPSA) is 221 Å². The van der Waals surface area contributed by atoms with Gasteiger partial charge in [-0.1, -0.05) is 24.4 Å². The van der Waals surface area contributed by atoms with Crippen LogP contribution in [0.5, 0.6) is 0 Å². The van der Waals surface area contributed by atoms with E-state index in [2.05, 4.69) is 32.2 Å². The second kappa shape index (κ2) is 11.1. The molecule has 230 valence electrons. The molecule has 0 amide bonds. The fourth-order valence-corrected chi connectivity index (χ4v) is 8.25. The van der Waals surface area contributed by atoms with E-state index in [4.69, 9.17) is 45.1 Å². The number of ether oxygens (including phenoxy) is 2. The highest BCUT2D eigenvalue weighted by molar-refractivity contribution is 8.44. The molecule has 4 unspecified atom stereocenters. The van der Waals surface area contributed by atoms with Gasteiger partial charge in [-0.3, -0.25) is 18.1 Å². The van der Waals surface area contributed by atoms with Crippen molar-refractivity contribution in [3.05, 3.63) is 43.2 Å². The third kappa shape index (κ3) is 5.42. The molecular weight excluding hydrogens is 648 g/mol. The van der Waals surface area contributed by atoms with Gasteiger partial charge in [-0.05, 0) is 23.9 Å². The van der Waals surface area contributed by atoms with Crippen molar-refractivity contribution in [1.29, 1.82) is 0 Å². The zero-order valence-electron chi connectivity index (χ0n) is 21.8. The molecule has 10 atom stereocenters. The number of benzene rings is 1. The molecule has 1 aromatic carbocycles. The number of anilines is 1.